The highest BCUT2D eigenvalue weighted by molar-refractivity contribution is 14.1. The van der Waals surface area contributed by atoms with Crippen LogP contribution in [0.25, 0.3) is 0 Å². The smallest absolute Gasteiger partial charge is 0.0278 e. The summed E-state index contributed by atoms with van der Waals surface area (Å²) in [6.07, 6.45) is 5.89. The van der Waals surface area contributed by atoms with Gasteiger partial charge in [0.05, 0.1) is 0 Å². The van der Waals surface area contributed by atoms with Gasteiger partial charge in [-0.05, 0) is 42.9 Å². The predicted octanol–water partition coefficient (Wildman–Crippen LogP) is 4.03. The molecule has 0 amide bonds. The van der Waals surface area contributed by atoms with Crippen LogP contribution < -0.4 is 0 Å². The van der Waals surface area contributed by atoms with Gasteiger partial charge in [-0.15, -0.1) is 0 Å². The van der Waals surface area contributed by atoms with Crippen molar-refractivity contribution in [3.63, 3.8) is 0 Å². The highest BCUT2D eigenvalue weighted by Crippen LogP contribution is 2.65. The molecule has 0 nitrogen and oxygen atoms in total. The van der Waals surface area contributed by atoms with Crippen molar-refractivity contribution in [2.24, 2.45) is 17.3 Å². The number of alkyl halides is 1. The first-order valence-corrected chi connectivity index (χ1v) is 6.24. The third kappa shape index (κ3) is 1.08. The molecule has 0 saturated heterocycles. The molecule has 2 fully saturated rings. The largest absolute Gasteiger partial charge is 0.0783 e. The monoisotopic (exact) mass is 278 g/mol. The van der Waals surface area contributed by atoms with Crippen molar-refractivity contribution in [3.05, 3.63) is 0 Å². The van der Waals surface area contributed by atoms with E-state index in [2.05, 4.69) is 43.4 Å². The van der Waals surface area contributed by atoms with Gasteiger partial charge in [0.25, 0.3) is 0 Å². The van der Waals surface area contributed by atoms with E-state index in [1.807, 2.05) is 0 Å². The quantitative estimate of drug-likeness (QED) is 0.463. The van der Waals surface area contributed by atoms with E-state index in [0.717, 1.165) is 11.8 Å². The van der Waals surface area contributed by atoms with Crippen LogP contribution in [0.1, 0.15) is 46.5 Å². The summed E-state index contributed by atoms with van der Waals surface area (Å²) in [5, 5.41) is 0. The van der Waals surface area contributed by atoms with Crippen LogP contribution in [-0.4, -0.2) is 3.42 Å². The molecule has 2 aliphatic carbocycles. The summed E-state index contributed by atoms with van der Waals surface area (Å²) in [4.78, 5) is 0. The van der Waals surface area contributed by atoms with Crippen molar-refractivity contribution >= 4 is 22.6 Å². The van der Waals surface area contributed by atoms with Crippen LogP contribution in [-0.2, 0) is 0 Å². The topological polar surface area (TPSA) is 0 Å². The molecule has 0 aromatic rings. The van der Waals surface area contributed by atoms with Crippen molar-refractivity contribution < 1.29 is 0 Å². The second-order valence-corrected chi connectivity index (χ2v) is 7.45. The summed E-state index contributed by atoms with van der Waals surface area (Å²) in [5.74, 6) is 1.91. The maximum absolute atomic E-state index is 2.75. The Morgan fingerprint density at radius 2 is 1.67 bits per heavy atom. The molecule has 3 unspecified atom stereocenters. The zero-order chi connectivity index (χ0) is 8.98. The van der Waals surface area contributed by atoms with E-state index >= 15 is 0 Å². The Morgan fingerprint density at radius 1 is 1.08 bits per heavy atom. The first kappa shape index (κ1) is 9.29. The summed E-state index contributed by atoms with van der Waals surface area (Å²) < 4.78 is 0.677. The van der Waals surface area contributed by atoms with Crippen LogP contribution in [0, 0.1) is 17.3 Å². The molecule has 0 N–H and O–H groups in total. The average Bonchev–Trinajstić information content (AvgIpc) is 2.00. The molecular formula is C11H19I. The zero-order valence-corrected chi connectivity index (χ0v) is 10.5. The molecule has 1 heteroatoms. The molecule has 2 saturated carbocycles. The molecule has 0 aliphatic heterocycles. The fourth-order valence-electron chi connectivity index (χ4n) is 3.08. The number of hydrogen-bond donors (Lipinski definition) is 0. The van der Waals surface area contributed by atoms with E-state index in [4.69, 9.17) is 0 Å². The second kappa shape index (κ2) is 2.61. The van der Waals surface area contributed by atoms with Gasteiger partial charge in [-0.1, -0.05) is 43.4 Å². The third-order valence-corrected chi connectivity index (χ3v) is 6.83. The van der Waals surface area contributed by atoms with Gasteiger partial charge in [-0.25, -0.2) is 0 Å². The van der Waals surface area contributed by atoms with E-state index in [0.29, 0.717) is 8.84 Å². The SMILES string of the molecule is CC1CC2(I)CC[C@]2(C)CC1C. The summed E-state index contributed by atoms with van der Waals surface area (Å²) in [5.41, 5.74) is 0.694. The lowest BCUT2D eigenvalue weighted by atomic mass is 9.51. The van der Waals surface area contributed by atoms with Gasteiger partial charge < -0.3 is 0 Å². The minimum Gasteiger partial charge on any atom is -0.0783 e. The van der Waals surface area contributed by atoms with Crippen molar-refractivity contribution in [2.75, 3.05) is 0 Å². The van der Waals surface area contributed by atoms with Gasteiger partial charge in [0, 0.05) is 3.42 Å². The predicted molar refractivity (Wildman–Crippen MR) is 61.7 cm³/mol. The van der Waals surface area contributed by atoms with E-state index in [1.165, 1.54) is 25.7 Å². The first-order valence-electron chi connectivity index (χ1n) is 5.16. The fraction of sp³-hybridized carbons (Fsp3) is 1.00. The highest BCUT2D eigenvalue weighted by Gasteiger charge is 2.57. The van der Waals surface area contributed by atoms with Crippen molar-refractivity contribution in [1.29, 1.82) is 0 Å². The van der Waals surface area contributed by atoms with Crippen LogP contribution >= 0.6 is 22.6 Å². The maximum Gasteiger partial charge on any atom is 0.0278 e. The number of rotatable bonds is 0. The Labute approximate surface area is 89.6 Å². The standard InChI is InChI=1S/C11H19I/c1-8-6-10(3)4-5-11(10,12)7-9(8)2/h8-9H,4-7H2,1-3H3/t8?,9?,10-,11?/m1/s1. The Hall–Kier alpha value is 0.730. The van der Waals surface area contributed by atoms with Crippen molar-refractivity contribution in [3.8, 4) is 0 Å². The molecule has 2 aliphatic rings. The van der Waals surface area contributed by atoms with E-state index in [9.17, 15) is 0 Å². The summed E-state index contributed by atoms with van der Waals surface area (Å²) in [6, 6.07) is 0. The van der Waals surface area contributed by atoms with E-state index in [-0.39, 0.29) is 0 Å². The normalized spacial score (nSPS) is 59.0. The molecule has 4 atom stereocenters. The summed E-state index contributed by atoms with van der Waals surface area (Å²) in [6.45, 7) is 7.37. The van der Waals surface area contributed by atoms with Gasteiger partial charge >= 0.3 is 0 Å². The molecule has 2 rings (SSSR count). The molecular weight excluding hydrogens is 259 g/mol. The highest BCUT2D eigenvalue weighted by atomic mass is 127. The molecule has 0 radical (unpaired) electrons. The minimum atomic E-state index is 0.677. The zero-order valence-electron chi connectivity index (χ0n) is 8.36. The molecule has 0 aromatic heterocycles. The lowest BCUT2D eigenvalue weighted by molar-refractivity contribution is -0.00163. The van der Waals surface area contributed by atoms with Crippen LogP contribution in [0.2, 0.25) is 0 Å². The van der Waals surface area contributed by atoms with Crippen LogP contribution in [0.4, 0.5) is 0 Å². The number of fused-ring (bicyclic) bond motifs is 1. The summed E-state index contributed by atoms with van der Waals surface area (Å²) >= 11 is 2.75. The van der Waals surface area contributed by atoms with E-state index in [1.54, 1.807) is 0 Å². The number of hydrogen-bond acceptors (Lipinski definition) is 0. The first-order chi connectivity index (χ1) is 5.47. The van der Waals surface area contributed by atoms with Crippen molar-refractivity contribution in [1.82, 2.24) is 0 Å². The Kier molecular flexibility index (Phi) is 2.02. The Morgan fingerprint density at radius 3 is 2.08 bits per heavy atom. The molecule has 12 heavy (non-hydrogen) atoms. The third-order valence-electron chi connectivity index (χ3n) is 4.54. The number of halogens is 1. The summed E-state index contributed by atoms with van der Waals surface area (Å²) in [7, 11) is 0. The van der Waals surface area contributed by atoms with Gasteiger partial charge in [0.15, 0.2) is 0 Å². The molecule has 70 valence electrons. The molecule has 0 bridgehead atoms. The average molecular weight is 278 g/mol. The van der Waals surface area contributed by atoms with E-state index < -0.39 is 0 Å². The van der Waals surface area contributed by atoms with Gasteiger partial charge in [-0.3, -0.25) is 0 Å². The maximum atomic E-state index is 2.75. The van der Waals surface area contributed by atoms with Crippen LogP contribution in [0.3, 0.4) is 0 Å². The van der Waals surface area contributed by atoms with Gasteiger partial charge in [-0.2, -0.15) is 0 Å². The Balaban J connectivity index is 2.18. The van der Waals surface area contributed by atoms with Crippen LogP contribution in [0.5, 0.6) is 0 Å². The molecule has 0 heterocycles. The minimum absolute atomic E-state index is 0.677. The fourth-order valence-corrected chi connectivity index (χ4v) is 4.53. The van der Waals surface area contributed by atoms with Crippen LogP contribution in [0.15, 0.2) is 0 Å². The van der Waals surface area contributed by atoms with Gasteiger partial charge in [0.1, 0.15) is 0 Å². The van der Waals surface area contributed by atoms with Crippen molar-refractivity contribution in [2.45, 2.75) is 49.9 Å². The van der Waals surface area contributed by atoms with Gasteiger partial charge in [0.2, 0.25) is 0 Å². The Bertz CT molecular complexity index is 179. The second-order valence-electron chi connectivity index (χ2n) is 5.39. The molecule has 0 aromatic carbocycles. The molecule has 0 spiro atoms. The lowest BCUT2D eigenvalue weighted by Crippen LogP contribution is -2.56. The lowest BCUT2D eigenvalue weighted by Gasteiger charge is -2.61.